The van der Waals surface area contributed by atoms with Crippen molar-refractivity contribution in [3.63, 3.8) is 0 Å². The van der Waals surface area contributed by atoms with Gasteiger partial charge in [0.2, 0.25) is 0 Å². The summed E-state index contributed by atoms with van der Waals surface area (Å²) in [7, 11) is 0. The van der Waals surface area contributed by atoms with Crippen molar-refractivity contribution in [2.24, 2.45) is 5.92 Å². The molecule has 0 radical (unpaired) electrons. The van der Waals surface area contributed by atoms with Gasteiger partial charge in [0.05, 0.1) is 29.3 Å². The second-order valence-electron chi connectivity index (χ2n) is 6.23. The molecule has 1 fully saturated rings. The molecule has 0 unspecified atom stereocenters. The number of hydrogen-bond donors (Lipinski definition) is 1. The smallest absolute Gasteiger partial charge is 0.328 e. The lowest BCUT2D eigenvalue weighted by Gasteiger charge is -2.26. The fourth-order valence-corrected chi connectivity index (χ4v) is 3.28. The second-order valence-corrected chi connectivity index (χ2v) is 6.23. The zero-order valence-corrected chi connectivity index (χ0v) is 13.7. The number of carbonyl (C=O) groups excluding carboxylic acids is 1. The molecule has 1 aliphatic rings. The molecule has 7 nitrogen and oxygen atoms in total. The summed E-state index contributed by atoms with van der Waals surface area (Å²) in [5.74, 6) is -0.691. The predicted octanol–water partition coefficient (Wildman–Crippen LogP) is 1.71. The third kappa shape index (κ3) is 3.63. The van der Waals surface area contributed by atoms with Crippen LogP contribution in [0.1, 0.15) is 32.1 Å². The lowest BCUT2D eigenvalue weighted by Crippen LogP contribution is -2.32. The summed E-state index contributed by atoms with van der Waals surface area (Å²) >= 11 is 0. The summed E-state index contributed by atoms with van der Waals surface area (Å²) in [5.41, 5.74) is -0.515. The van der Waals surface area contributed by atoms with Gasteiger partial charge in [0.15, 0.2) is 0 Å². The predicted molar refractivity (Wildman–Crippen MR) is 90.9 cm³/mol. The van der Waals surface area contributed by atoms with Crippen molar-refractivity contribution in [2.75, 3.05) is 0 Å². The number of nitrogens with one attached hydrogen (secondary N) is 1. The highest BCUT2D eigenvalue weighted by atomic mass is 16.5. The molecule has 0 aliphatic heterocycles. The molecule has 1 aromatic carbocycles. The molecule has 1 aromatic heterocycles. The van der Waals surface area contributed by atoms with Crippen LogP contribution < -0.4 is 11.2 Å². The Balaban J connectivity index is 1.73. The van der Waals surface area contributed by atoms with E-state index in [0.717, 1.165) is 19.3 Å². The molecule has 130 valence electrons. The van der Waals surface area contributed by atoms with Gasteiger partial charge in [-0.25, -0.2) is 4.79 Å². The Hall–Kier alpha value is -2.88. The van der Waals surface area contributed by atoms with E-state index in [0.29, 0.717) is 17.3 Å². The van der Waals surface area contributed by atoms with Crippen LogP contribution in [-0.2, 0) is 16.1 Å². The summed E-state index contributed by atoms with van der Waals surface area (Å²) in [4.78, 5) is 38.3. The van der Waals surface area contributed by atoms with E-state index in [2.05, 4.69) is 11.1 Å². The molecule has 1 N–H and O–H groups in total. The Morgan fingerprint density at radius 2 is 2.04 bits per heavy atom. The Morgan fingerprint density at radius 1 is 1.28 bits per heavy atom. The molecular weight excluding hydrogens is 322 g/mol. The van der Waals surface area contributed by atoms with E-state index in [-0.39, 0.29) is 25.0 Å². The van der Waals surface area contributed by atoms with Crippen LogP contribution in [0.4, 0.5) is 0 Å². The summed E-state index contributed by atoms with van der Waals surface area (Å²) in [5, 5.41) is 9.54. The maximum Gasteiger partial charge on any atom is 0.328 e. The number of ether oxygens (including phenoxy) is 1. The third-order valence-corrected chi connectivity index (χ3v) is 4.60. The number of aromatic amines is 1. The lowest BCUT2D eigenvalue weighted by molar-refractivity contribution is -0.152. The van der Waals surface area contributed by atoms with Crippen LogP contribution in [0, 0.1) is 17.2 Å². The SMILES string of the molecule is N#C[C@H]1CCCC[C@@H]1OC(=O)CCn1c(=O)[nH]c(=O)c2ccccc21. The fourth-order valence-electron chi connectivity index (χ4n) is 3.28. The number of carbonyl (C=O) groups is 1. The van der Waals surface area contributed by atoms with Crippen molar-refractivity contribution >= 4 is 16.9 Å². The van der Waals surface area contributed by atoms with Gasteiger partial charge in [0.25, 0.3) is 5.56 Å². The van der Waals surface area contributed by atoms with Crippen LogP contribution in [-0.4, -0.2) is 21.6 Å². The topological polar surface area (TPSA) is 105 Å². The number of benzene rings is 1. The fraction of sp³-hybridized carbons (Fsp3) is 0.444. The molecule has 1 heterocycles. The lowest BCUT2D eigenvalue weighted by atomic mass is 9.87. The minimum atomic E-state index is -0.552. The Labute approximate surface area is 143 Å². The Kier molecular flexibility index (Phi) is 4.98. The average Bonchev–Trinajstić information content (AvgIpc) is 2.62. The van der Waals surface area contributed by atoms with E-state index in [1.807, 2.05) is 0 Å². The number of rotatable bonds is 4. The first kappa shape index (κ1) is 17.0. The number of para-hydroxylation sites is 1. The van der Waals surface area contributed by atoms with Crippen LogP contribution in [0.15, 0.2) is 33.9 Å². The zero-order valence-electron chi connectivity index (χ0n) is 13.7. The Morgan fingerprint density at radius 3 is 2.84 bits per heavy atom. The summed E-state index contributed by atoms with van der Waals surface area (Å²) < 4.78 is 6.81. The van der Waals surface area contributed by atoms with Crippen molar-refractivity contribution in [1.29, 1.82) is 5.26 Å². The summed E-state index contributed by atoms with van der Waals surface area (Å²) in [6.45, 7) is 0.110. The highest BCUT2D eigenvalue weighted by Gasteiger charge is 2.28. The first-order valence-corrected chi connectivity index (χ1v) is 8.41. The van der Waals surface area contributed by atoms with Gasteiger partial charge in [-0.15, -0.1) is 0 Å². The minimum Gasteiger partial charge on any atom is -0.461 e. The maximum absolute atomic E-state index is 12.1. The van der Waals surface area contributed by atoms with Gasteiger partial charge in [-0.05, 0) is 31.4 Å². The van der Waals surface area contributed by atoms with E-state index in [9.17, 15) is 14.4 Å². The maximum atomic E-state index is 12.1. The monoisotopic (exact) mass is 341 g/mol. The van der Waals surface area contributed by atoms with Crippen molar-refractivity contribution in [2.45, 2.75) is 44.8 Å². The minimum absolute atomic E-state index is 0.00456. The largest absolute Gasteiger partial charge is 0.461 e. The molecule has 3 rings (SSSR count). The first-order chi connectivity index (χ1) is 12.1. The molecule has 25 heavy (non-hydrogen) atoms. The van der Waals surface area contributed by atoms with Crippen LogP contribution in [0.3, 0.4) is 0 Å². The van der Waals surface area contributed by atoms with E-state index < -0.39 is 17.2 Å². The second kappa shape index (κ2) is 7.34. The van der Waals surface area contributed by atoms with E-state index in [1.54, 1.807) is 24.3 Å². The number of esters is 1. The van der Waals surface area contributed by atoms with Gasteiger partial charge < -0.3 is 4.74 Å². The van der Waals surface area contributed by atoms with Crippen molar-refractivity contribution in [3.8, 4) is 6.07 Å². The number of aryl methyl sites for hydroxylation is 1. The van der Waals surface area contributed by atoms with Gasteiger partial charge in [-0.1, -0.05) is 18.6 Å². The standard InChI is InChI=1S/C18H19N3O4/c19-11-12-5-1-4-8-15(12)25-16(22)9-10-21-14-7-3-2-6-13(14)17(23)20-18(21)24/h2-3,6-7,12,15H,1,4-5,8-10H2,(H,20,23,24)/t12-,15+/m1/s1. The van der Waals surface area contributed by atoms with Crippen molar-refractivity contribution in [3.05, 3.63) is 45.1 Å². The first-order valence-electron chi connectivity index (χ1n) is 8.41. The third-order valence-electron chi connectivity index (χ3n) is 4.60. The van der Waals surface area contributed by atoms with E-state index in [1.165, 1.54) is 4.57 Å². The highest BCUT2D eigenvalue weighted by Crippen LogP contribution is 2.26. The van der Waals surface area contributed by atoms with Crippen LogP contribution >= 0.6 is 0 Å². The zero-order chi connectivity index (χ0) is 17.8. The molecule has 7 heteroatoms. The number of H-pyrrole nitrogens is 1. The van der Waals surface area contributed by atoms with Gasteiger partial charge in [-0.3, -0.25) is 19.1 Å². The number of fused-ring (bicyclic) bond motifs is 1. The summed E-state index contributed by atoms with van der Waals surface area (Å²) in [6.07, 6.45) is 3.01. The number of aromatic nitrogens is 2. The number of hydrogen-bond acceptors (Lipinski definition) is 5. The van der Waals surface area contributed by atoms with Crippen LogP contribution in [0.2, 0.25) is 0 Å². The average molecular weight is 341 g/mol. The van der Waals surface area contributed by atoms with Crippen molar-refractivity contribution < 1.29 is 9.53 Å². The molecule has 2 aromatic rings. The molecular formula is C18H19N3O4. The highest BCUT2D eigenvalue weighted by molar-refractivity contribution is 5.78. The Bertz CT molecular complexity index is 938. The van der Waals surface area contributed by atoms with E-state index in [4.69, 9.17) is 10.00 Å². The molecule has 1 aliphatic carbocycles. The number of nitrogens with zero attached hydrogens (tertiary/aromatic N) is 2. The summed E-state index contributed by atoms with van der Waals surface area (Å²) in [6, 6.07) is 8.94. The van der Waals surface area contributed by atoms with Gasteiger partial charge in [0, 0.05) is 6.54 Å². The van der Waals surface area contributed by atoms with Gasteiger partial charge >= 0.3 is 11.7 Å². The van der Waals surface area contributed by atoms with E-state index >= 15 is 0 Å². The number of nitriles is 1. The molecule has 0 amide bonds. The van der Waals surface area contributed by atoms with Gasteiger partial charge in [0.1, 0.15) is 6.10 Å². The quantitative estimate of drug-likeness (QED) is 0.852. The molecule has 0 bridgehead atoms. The van der Waals surface area contributed by atoms with Crippen LogP contribution in [0.5, 0.6) is 0 Å². The van der Waals surface area contributed by atoms with Gasteiger partial charge in [-0.2, -0.15) is 5.26 Å². The molecule has 0 saturated heterocycles. The normalized spacial score (nSPS) is 20.1. The molecule has 2 atom stereocenters. The van der Waals surface area contributed by atoms with Crippen LogP contribution in [0.25, 0.3) is 10.9 Å². The molecule has 0 spiro atoms. The molecule has 1 saturated carbocycles. The van der Waals surface area contributed by atoms with Crippen molar-refractivity contribution in [1.82, 2.24) is 9.55 Å².